The molecule has 0 atom stereocenters. The summed E-state index contributed by atoms with van der Waals surface area (Å²) in [5.41, 5.74) is 1.93. The van der Waals surface area contributed by atoms with Crippen molar-refractivity contribution in [3.63, 3.8) is 0 Å². The molecule has 0 N–H and O–H groups in total. The molecular weight excluding hydrogens is 404 g/mol. The predicted octanol–water partition coefficient (Wildman–Crippen LogP) is 4.93. The number of aromatic nitrogens is 3. The number of nitrogens with zero attached hydrogens (tertiary/aromatic N) is 4. The third-order valence-electron chi connectivity index (χ3n) is 3.63. The Balaban J connectivity index is 1.84. The van der Waals surface area contributed by atoms with Crippen LogP contribution in [0.2, 0.25) is 0 Å². The molecule has 3 aromatic rings. The number of thioether (sulfide) groups is 1. The fourth-order valence-electron chi connectivity index (χ4n) is 2.38. The molecule has 128 valence electrons. The number of hydrogen-bond donors (Lipinski definition) is 0. The average Bonchev–Trinajstić information content (AvgIpc) is 3.04. The number of hydrogen-bond acceptors (Lipinski definition) is 5. The van der Waals surface area contributed by atoms with Crippen molar-refractivity contribution in [1.82, 2.24) is 14.8 Å². The summed E-state index contributed by atoms with van der Waals surface area (Å²) in [7, 11) is 0. The maximum Gasteiger partial charge on any atom is 0.270 e. The Labute approximate surface area is 157 Å². The van der Waals surface area contributed by atoms with Gasteiger partial charge in [0.15, 0.2) is 11.0 Å². The lowest BCUT2D eigenvalue weighted by Crippen LogP contribution is -2.00. The minimum absolute atomic E-state index is 0.0484. The van der Waals surface area contributed by atoms with E-state index in [9.17, 15) is 10.1 Å². The van der Waals surface area contributed by atoms with E-state index in [1.54, 1.807) is 17.8 Å². The van der Waals surface area contributed by atoms with Crippen molar-refractivity contribution in [3.05, 3.63) is 68.7 Å². The molecule has 8 heteroatoms. The molecule has 6 nitrogen and oxygen atoms in total. The minimum Gasteiger partial charge on any atom is -0.302 e. The Morgan fingerprint density at radius 2 is 1.96 bits per heavy atom. The van der Waals surface area contributed by atoms with Crippen LogP contribution < -0.4 is 0 Å². The third-order valence-corrected chi connectivity index (χ3v) is 5.20. The molecule has 0 unspecified atom stereocenters. The van der Waals surface area contributed by atoms with Gasteiger partial charge in [-0.25, -0.2) is 0 Å². The van der Waals surface area contributed by atoms with Gasteiger partial charge < -0.3 is 4.57 Å². The van der Waals surface area contributed by atoms with Gasteiger partial charge >= 0.3 is 0 Å². The van der Waals surface area contributed by atoms with E-state index in [0.717, 1.165) is 15.4 Å². The molecule has 0 aliphatic rings. The SMILES string of the molecule is CCn1c(SCc2ccc(Br)cc2)nnc1-c1cccc([N+](=O)[O-])c1. The molecule has 0 bridgehead atoms. The van der Waals surface area contributed by atoms with Crippen LogP contribution in [0.4, 0.5) is 5.69 Å². The quantitative estimate of drug-likeness (QED) is 0.322. The van der Waals surface area contributed by atoms with E-state index in [4.69, 9.17) is 0 Å². The molecule has 1 aromatic heterocycles. The van der Waals surface area contributed by atoms with E-state index in [2.05, 4.69) is 38.3 Å². The van der Waals surface area contributed by atoms with Gasteiger partial charge in [0, 0.05) is 34.5 Å². The van der Waals surface area contributed by atoms with Crippen molar-refractivity contribution in [2.24, 2.45) is 0 Å². The van der Waals surface area contributed by atoms with Crippen molar-refractivity contribution in [3.8, 4) is 11.4 Å². The summed E-state index contributed by atoms with van der Waals surface area (Å²) in [6.45, 7) is 2.70. The fourth-order valence-corrected chi connectivity index (χ4v) is 3.60. The lowest BCUT2D eigenvalue weighted by molar-refractivity contribution is -0.384. The second kappa shape index (κ2) is 7.79. The summed E-state index contributed by atoms with van der Waals surface area (Å²) >= 11 is 5.02. The van der Waals surface area contributed by atoms with Crippen LogP contribution in [0, 0.1) is 10.1 Å². The molecule has 0 fully saturated rings. The predicted molar refractivity (Wildman–Crippen MR) is 101 cm³/mol. The van der Waals surface area contributed by atoms with Crippen molar-refractivity contribution in [2.75, 3.05) is 0 Å². The fraction of sp³-hybridized carbons (Fsp3) is 0.176. The first-order chi connectivity index (χ1) is 12.1. The Kier molecular flexibility index (Phi) is 5.50. The van der Waals surface area contributed by atoms with Crippen molar-refractivity contribution in [2.45, 2.75) is 24.4 Å². The van der Waals surface area contributed by atoms with Gasteiger partial charge in [-0.3, -0.25) is 10.1 Å². The number of nitro benzene ring substituents is 1. The van der Waals surface area contributed by atoms with Crippen LogP contribution in [0.1, 0.15) is 12.5 Å². The summed E-state index contributed by atoms with van der Waals surface area (Å²) in [5, 5.41) is 20.3. The molecular formula is C17H15BrN4O2S. The topological polar surface area (TPSA) is 73.8 Å². The van der Waals surface area contributed by atoms with Gasteiger partial charge in [-0.05, 0) is 24.6 Å². The van der Waals surface area contributed by atoms with Gasteiger partial charge in [-0.15, -0.1) is 10.2 Å². The van der Waals surface area contributed by atoms with E-state index < -0.39 is 4.92 Å². The Bertz CT molecular complexity index is 896. The van der Waals surface area contributed by atoms with E-state index in [1.165, 1.54) is 17.7 Å². The summed E-state index contributed by atoms with van der Waals surface area (Å²) < 4.78 is 3.02. The molecule has 25 heavy (non-hydrogen) atoms. The van der Waals surface area contributed by atoms with Gasteiger partial charge in [0.1, 0.15) is 0 Å². The first-order valence-electron chi connectivity index (χ1n) is 7.63. The van der Waals surface area contributed by atoms with E-state index in [0.29, 0.717) is 17.9 Å². The van der Waals surface area contributed by atoms with Gasteiger partial charge in [-0.1, -0.05) is 52.0 Å². The number of non-ortho nitro benzene ring substituents is 1. The Hall–Kier alpha value is -2.19. The average molecular weight is 419 g/mol. The first kappa shape index (κ1) is 17.6. The van der Waals surface area contributed by atoms with Gasteiger partial charge in [0.25, 0.3) is 5.69 Å². The molecule has 0 amide bonds. The van der Waals surface area contributed by atoms with Crippen LogP contribution in [0.15, 0.2) is 58.2 Å². The van der Waals surface area contributed by atoms with Crippen LogP contribution in [0.3, 0.4) is 0 Å². The molecule has 0 saturated carbocycles. The van der Waals surface area contributed by atoms with Gasteiger partial charge in [-0.2, -0.15) is 0 Å². The standard InChI is InChI=1S/C17H15BrN4O2S/c1-2-21-16(13-4-3-5-15(10-13)22(23)24)19-20-17(21)25-11-12-6-8-14(18)9-7-12/h3-10H,2,11H2,1H3. The monoisotopic (exact) mass is 418 g/mol. The van der Waals surface area contributed by atoms with Gasteiger partial charge in [0.05, 0.1) is 4.92 Å². The molecule has 0 spiro atoms. The van der Waals surface area contributed by atoms with Crippen molar-refractivity contribution < 1.29 is 4.92 Å². The molecule has 1 heterocycles. The number of benzene rings is 2. The summed E-state index contributed by atoms with van der Waals surface area (Å²) in [5.74, 6) is 1.42. The number of halogens is 1. The molecule has 0 aliphatic heterocycles. The van der Waals surface area contributed by atoms with E-state index in [-0.39, 0.29) is 5.69 Å². The highest BCUT2D eigenvalue weighted by atomic mass is 79.9. The Morgan fingerprint density at radius 3 is 2.64 bits per heavy atom. The molecule has 2 aromatic carbocycles. The van der Waals surface area contributed by atoms with Crippen LogP contribution in [-0.4, -0.2) is 19.7 Å². The van der Waals surface area contributed by atoms with Gasteiger partial charge in [0.2, 0.25) is 0 Å². The first-order valence-corrected chi connectivity index (χ1v) is 9.41. The van der Waals surface area contributed by atoms with Crippen molar-refractivity contribution >= 4 is 33.4 Å². The zero-order valence-corrected chi connectivity index (χ0v) is 15.8. The van der Waals surface area contributed by atoms with E-state index in [1.807, 2.05) is 29.7 Å². The largest absolute Gasteiger partial charge is 0.302 e. The lowest BCUT2D eigenvalue weighted by Gasteiger charge is -2.07. The summed E-state index contributed by atoms with van der Waals surface area (Å²) in [4.78, 5) is 10.6. The maximum absolute atomic E-state index is 11.0. The smallest absolute Gasteiger partial charge is 0.270 e. The number of rotatable bonds is 6. The Morgan fingerprint density at radius 1 is 1.20 bits per heavy atom. The normalized spacial score (nSPS) is 10.8. The minimum atomic E-state index is -0.403. The summed E-state index contributed by atoms with van der Waals surface area (Å²) in [6.07, 6.45) is 0. The lowest BCUT2D eigenvalue weighted by atomic mass is 10.2. The number of nitro groups is 1. The summed E-state index contributed by atoms with van der Waals surface area (Å²) in [6, 6.07) is 14.6. The highest BCUT2D eigenvalue weighted by Crippen LogP contribution is 2.28. The van der Waals surface area contributed by atoms with Crippen molar-refractivity contribution in [1.29, 1.82) is 0 Å². The molecule has 0 aliphatic carbocycles. The third kappa shape index (κ3) is 4.08. The zero-order valence-electron chi connectivity index (χ0n) is 13.4. The van der Waals surface area contributed by atoms with Crippen LogP contribution >= 0.6 is 27.7 Å². The molecule has 3 rings (SSSR count). The highest BCUT2D eigenvalue weighted by Gasteiger charge is 2.15. The second-order valence-electron chi connectivity index (χ2n) is 5.27. The zero-order chi connectivity index (χ0) is 17.8. The van der Waals surface area contributed by atoms with Crippen LogP contribution in [-0.2, 0) is 12.3 Å². The molecule has 0 radical (unpaired) electrons. The molecule has 0 saturated heterocycles. The van der Waals surface area contributed by atoms with Crippen LogP contribution in [0.5, 0.6) is 0 Å². The maximum atomic E-state index is 11.0. The van der Waals surface area contributed by atoms with E-state index >= 15 is 0 Å². The highest BCUT2D eigenvalue weighted by molar-refractivity contribution is 9.10. The van der Waals surface area contributed by atoms with Crippen LogP contribution in [0.25, 0.3) is 11.4 Å². The second-order valence-corrected chi connectivity index (χ2v) is 7.13.